The molecule has 0 radical (unpaired) electrons. The first-order valence-corrected chi connectivity index (χ1v) is 18.7. The van der Waals surface area contributed by atoms with Crippen molar-refractivity contribution in [3.05, 3.63) is 89.0 Å². The molecular formula is C41H48N2O8. The second-order valence-corrected chi connectivity index (χ2v) is 15.2. The summed E-state index contributed by atoms with van der Waals surface area (Å²) in [5.74, 6) is -0.807. The van der Waals surface area contributed by atoms with E-state index < -0.39 is 36.1 Å². The highest BCUT2D eigenvalue weighted by atomic mass is 16.8. The Kier molecular flexibility index (Phi) is 9.61. The summed E-state index contributed by atoms with van der Waals surface area (Å²) in [7, 11) is 1.62. The van der Waals surface area contributed by atoms with Gasteiger partial charge in [0.1, 0.15) is 24.4 Å². The van der Waals surface area contributed by atoms with Crippen LogP contribution in [0, 0.1) is 17.8 Å². The molecule has 51 heavy (non-hydrogen) atoms. The van der Waals surface area contributed by atoms with Gasteiger partial charge < -0.3 is 34.3 Å². The molecule has 7 unspecified atom stereocenters. The van der Waals surface area contributed by atoms with Crippen molar-refractivity contribution in [2.24, 2.45) is 17.8 Å². The Hall–Kier alpha value is -3.83. The molecule has 10 heteroatoms. The number of allylic oxidation sites excluding steroid dienone is 1. The quantitative estimate of drug-likeness (QED) is 0.230. The number of epoxide rings is 1. The van der Waals surface area contributed by atoms with E-state index in [2.05, 4.69) is 17.5 Å². The second kappa shape index (κ2) is 14.3. The number of benzene rings is 2. The largest absolute Gasteiger partial charge is 0.456 e. The van der Waals surface area contributed by atoms with Crippen molar-refractivity contribution >= 4 is 23.9 Å². The first-order chi connectivity index (χ1) is 24.8. The number of aliphatic hydroxyl groups is 1. The molecule has 5 fully saturated rings. The van der Waals surface area contributed by atoms with Crippen molar-refractivity contribution in [2.75, 3.05) is 20.2 Å². The molecule has 8 rings (SSSR count). The highest BCUT2D eigenvalue weighted by Crippen LogP contribution is 2.59. The lowest BCUT2D eigenvalue weighted by Crippen LogP contribution is -2.51. The van der Waals surface area contributed by atoms with Crippen LogP contribution >= 0.6 is 0 Å². The van der Waals surface area contributed by atoms with E-state index in [4.69, 9.17) is 18.9 Å². The number of nitrogens with one attached hydrogen (secondary N) is 1. The molecule has 6 aliphatic rings. The van der Waals surface area contributed by atoms with Crippen LogP contribution in [-0.4, -0.2) is 90.3 Å². The standard InChI is InChI=1S/C41H48N2O8/c1-43(32(38(45)42-19-20-44)21-26-5-3-2-4-6-26)39(46)29-23-35(37-36(24-29)50-41(51-37,30-14-15-30)31-16-17-31)49-40(47)28-12-9-25(10-13-28)7-8-27-11-18-33-34(22-27)48-33/h2-10,12-13,24,27,30-37,44H,11,14-23H2,1H3,(H,42,45). The van der Waals surface area contributed by atoms with Crippen LogP contribution in [0.3, 0.4) is 0 Å². The minimum atomic E-state index is -0.825. The van der Waals surface area contributed by atoms with Gasteiger partial charge in [0, 0.05) is 43.8 Å². The van der Waals surface area contributed by atoms with Gasteiger partial charge in [0.05, 0.1) is 24.4 Å². The number of amides is 2. The van der Waals surface area contributed by atoms with Crippen LogP contribution in [0.25, 0.3) is 6.08 Å². The number of hydrogen-bond acceptors (Lipinski definition) is 8. The molecule has 0 bridgehead atoms. The zero-order valence-corrected chi connectivity index (χ0v) is 29.2. The van der Waals surface area contributed by atoms with Crippen LogP contribution in [0.5, 0.6) is 0 Å². The summed E-state index contributed by atoms with van der Waals surface area (Å²) in [5, 5.41) is 12.1. The lowest BCUT2D eigenvalue weighted by atomic mass is 9.89. The fraction of sp³-hybridized carbons (Fsp3) is 0.537. The number of nitrogens with zero attached hydrogens (tertiary/aromatic N) is 1. The number of fused-ring (bicyclic) bond motifs is 2. The number of carbonyl (C=O) groups excluding carboxylic acids is 3. The van der Waals surface area contributed by atoms with Crippen molar-refractivity contribution in [3.63, 3.8) is 0 Å². The Morgan fingerprint density at radius 3 is 2.41 bits per heavy atom. The van der Waals surface area contributed by atoms with Gasteiger partial charge in [0.15, 0.2) is 5.79 Å². The molecule has 4 aliphatic carbocycles. The number of aliphatic hydroxyl groups excluding tert-OH is 1. The molecule has 0 aromatic heterocycles. The monoisotopic (exact) mass is 696 g/mol. The highest BCUT2D eigenvalue weighted by Gasteiger charge is 2.64. The number of ether oxygens (including phenoxy) is 4. The van der Waals surface area contributed by atoms with Crippen LogP contribution in [0.4, 0.5) is 0 Å². The zero-order chi connectivity index (χ0) is 35.1. The Morgan fingerprint density at radius 1 is 0.980 bits per heavy atom. The number of hydrogen-bond donors (Lipinski definition) is 2. The second-order valence-electron chi connectivity index (χ2n) is 15.2. The van der Waals surface area contributed by atoms with Crippen molar-refractivity contribution in [1.82, 2.24) is 10.2 Å². The van der Waals surface area contributed by atoms with Gasteiger partial charge in [-0.1, -0.05) is 54.6 Å². The van der Waals surface area contributed by atoms with E-state index >= 15 is 0 Å². The number of likely N-dealkylation sites (N-methyl/N-ethyl adjacent to an activating group) is 1. The van der Waals surface area contributed by atoms with E-state index in [-0.39, 0.29) is 31.4 Å². The highest BCUT2D eigenvalue weighted by molar-refractivity contribution is 5.97. The zero-order valence-electron chi connectivity index (χ0n) is 29.2. The lowest BCUT2D eigenvalue weighted by Gasteiger charge is -2.33. The van der Waals surface area contributed by atoms with E-state index in [1.165, 1.54) is 4.90 Å². The molecule has 7 atom stereocenters. The third kappa shape index (κ3) is 7.42. The topological polar surface area (TPSA) is 127 Å². The molecule has 2 aromatic carbocycles. The Labute approximate surface area is 299 Å². The maximum absolute atomic E-state index is 14.3. The first kappa shape index (κ1) is 34.3. The van der Waals surface area contributed by atoms with Gasteiger partial charge >= 0.3 is 5.97 Å². The van der Waals surface area contributed by atoms with E-state index in [1.807, 2.05) is 48.5 Å². The smallest absolute Gasteiger partial charge is 0.338 e. The molecule has 2 amide bonds. The summed E-state index contributed by atoms with van der Waals surface area (Å²) in [4.78, 5) is 42.7. The molecular weight excluding hydrogens is 648 g/mol. The van der Waals surface area contributed by atoms with Crippen LogP contribution in [0.2, 0.25) is 0 Å². The fourth-order valence-corrected chi connectivity index (χ4v) is 8.26. The van der Waals surface area contributed by atoms with Crippen LogP contribution in [0.1, 0.15) is 72.9 Å². The average molecular weight is 697 g/mol. The predicted octanol–water partition coefficient (Wildman–Crippen LogP) is 4.60. The molecule has 2 N–H and O–H groups in total. The summed E-state index contributed by atoms with van der Waals surface area (Å²) in [6.45, 7) is -0.125. The van der Waals surface area contributed by atoms with Crippen LogP contribution in [-0.2, 0) is 35.0 Å². The van der Waals surface area contributed by atoms with Gasteiger partial charge in [-0.3, -0.25) is 9.59 Å². The molecule has 2 aliphatic heterocycles. The first-order valence-electron chi connectivity index (χ1n) is 18.7. The van der Waals surface area contributed by atoms with Crippen molar-refractivity contribution < 1.29 is 38.4 Å². The van der Waals surface area contributed by atoms with Crippen LogP contribution in [0.15, 0.2) is 72.3 Å². The van der Waals surface area contributed by atoms with Gasteiger partial charge in [-0.25, -0.2) is 4.79 Å². The Morgan fingerprint density at radius 2 is 1.73 bits per heavy atom. The van der Waals surface area contributed by atoms with Gasteiger partial charge in [0.25, 0.3) is 0 Å². The van der Waals surface area contributed by atoms with Gasteiger partial charge in [-0.15, -0.1) is 0 Å². The maximum atomic E-state index is 14.3. The molecule has 2 heterocycles. The molecule has 2 saturated heterocycles. The minimum Gasteiger partial charge on any atom is -0.456 e. The Balaban J connectivity index is 1.00. The van der Waals surface area contributed by atoms with Gasteiger partial charge in [-0.05, 0) is 80.2 Å². The van der Waals surface area contributed by atoms with Crippen LogP contribution < -0.4 is 5.32 Å². The summed E-state index contributed by atoms with van der Waals surface area (Å²) < 4.78 is 25.4. The lowest BCUT2D eigenvalue weighted by molar-refractivity contribution is -0.209. The van der Waals surface area contributed by atoms with E-state index in [0.717, 1.165) is 56.1 Å². The molecule has 3 saturated carbocycles. The maximum Gasteiger partial charge on any atom is 0.338 e. The van der Waals surface area contributed by atoms with Crippen molar-refractivity contribution in [1.29, 1.82) is 0 Å². The SMILES string of the molecule is CN(C(=O)C1=CC2OC(C3CC3)(C3CC3)OC2C(OC(=O)c2ccc(C=CC3CCC4OC4C3)cc2)C1)C(Cc1ccccc1)C(=O)NCCO. The average Bonchev–Trinajstić information content (AvgIpc) is 4.02. The number of rotatable bonds is 13. The summed E-state index contributed by atoms with van der Waals surface area (Å²) in [6, 6.07) is 16.1. The van der Waals surface area contributed by atoms with Gasteiger partial charge in [0.2, 0.25) is 11.8 Å². The van der Waals surface area contributed by atoms with E-state index in [9.17, 15) is 19.5 Å². The normalized spacial score (nSPS) is 29.7. The van der Waals surface area contributed by atoms with Crippen molar-refractivity contribution in [2.45, 2.75) is 100 Å². The molecule has 270 valence electrons. The Bertz CT molecular complexity index is 1650. The fourth-order valence-electron chi connectivity index (χ4n) is 8.26. The van der Waals surface area contributed by atoms with E-state index in [0.29, 0.717) is 47.5 Å². The number of carbonyl (C=O) groups is 3. The number of esters is 1. The summed E-state index contributed by atoms with van der Waals surface area (Å²) in [5.41, 5.74) is 2.76. The van der Waals surface area contributed by atoms with Gasteiger partial charge in [-0.2, -0.15) is 0 Å². The molecule has 0 spiro atoms. The minimum absolute atomic E-state index is 0.0836. The van der Waals surface area contributed by atoms with E-state index in [1.54, 1.807) is 19.2 Å². The summed E-state index contributed by atoms with van der Waals surface area (Å²) >= 11 is 0. The van der Waals surface area contributed by atoms with Crippen molar-refractivity contribution in [3.8, 4) is 0 Å². The molecule has 2 aromatic rings. The third-order valence-corrected chi connectivity index (χ3v) is 11.5. The predicted molar refractivity (Wildman–Crippen MR) is 188 cm³/mol. The third-order valence-electron chi connectivity index (χ3n) is 11.5. The summed E-state index contributed by atoms with van der Waals surface area (Å²) in [6.07, 6.45) is 13.1. The molecule has 10 nitrogen and oxygen atoms in total.